The van der Waals surface area contributed by atoms with E-state index in [2.05, 4.69) is 4.74 Å². The van der Waals surface area contributed by atoms with Gasteiger partial charge in [0.1, 0.15) is 12.3 Å². The lowest BCUT2D eigenvalue weighted by Gasteiger charge is -2.21. The molecule has 1 fully saturated rings. The number of likely N-dealkylation sites (tertiary alicyclic amines) is 1. The quantitative estimate of drug-likeness (QED) is 0.736. The lowest BCUT2D eigenvalue weighted by molar-refractivity contribution is -0.145. The number of aliphatic hydroxyl groups is 1. The fourth-order valence-electron chi connectivity index (χ4n) is 1.95. The van der Waals surface area contributed by atoms with Crippen molar-refractivity contribution in [2.24, 2.45) is 0 Å². The number of carbonyl (C=O) groups is 2. The Morgan fingerprint density at radius 1 is 1.59 bits per heavy atom. The van der Waals surface area contributed by atoms with Crippen LogP contribution in [0.5, 0.6) is 0 Å². The summed E-state index contributed by atoms with van der Waals surface area (Å²) < 4.78 is 9.43. The molecule has 0 saturated carbocycles. The molecule has 1 aliphatic rings. The molecule has 1 aromatic heterocycles. The molecule has 0 spiro atoms. The van der Waals surface area contributed by atoms with E-state index in [1.54, 1.807) is 0 Å². The molecule has 0 aliphatic carbocycles. The molecular formula is C11H13NO5. The highest BCUT2D eigenvalue weighted by Gasteiger charge is 2.40. The predicted octanol–water partition coefficient (Wildman–Crippen LogP) is 0.0280. The van der Waals surface area contributed by atoms with Crippen LogP contribution in [0.25, 0.3) is 0 Å². The number of methoxy groups -OCH3 is 1. The highest BCUT2D eigenvalue weighted by atomic mass is 16.5. The SMILES string of the molecule is COC(=O)C1CC(O)CN1C(=O)c1ccoc1. The number of β-amino-alcohol motifs (C(OH)–C–C–N with tert-alkyl or cyclic N) is 1. The lowest BCUT2D eigenvalue weighted by Crippen LogP contribution is -2.41. The summed E-state index contributed by atoms with van der Waals surface area (Å²) in [6.45, 7) is 0.129. The zero-order chi connectivity index (χ0) is 12.4. The fourth-order valence-corrected chi connectivity index (χ4v) is 1.95. The molecule has 2 rings (SSSR count). The number of amides is 1. The molecule has 17 heavy (non-hydrogen) atoms. The molecular weight excluding hydrogens is 226 g/mol. The first kappa shape index (κ1) is 11.7. The van der Waals surface area contributed by atoms with Gasteiger partial charge >= 0.3 is 5.97 Å². The summed E-state index contributed by atoms with van der Waals surface area (Å²) in [6, 6.07) is 0.791. The van der Waals surface area contributed by atoms with E-state index < -0.39 is 18.1 Å². The third-order valence-electron chi connectivity index (χ3n) is 2.78. The van der Waals surface area contributed by atoms with Crippen LogP contribution in [0.3, 0.4) is 0 Å². The largest absolute Gasteiger partial charge is 0.472 e. The highest BCUT2D eigenvalue weighted by Crippen LogP contribution is 2.21. The van der Waals surface area contributed by atoms with Crippen molar-refractivity contribution in [3.05, 3.63) is 24.2 Å². The number of hydrogen-bond donors (Lipinski definition) is 1. The Hall–Kier alpha value is -1.82. The van der Waals surface area contributed by atoms with E-state index in [1.165, 1.54) is 30.6 Å². The van der Waals surface area contributed by atoms with E-state index >= 15 is 0 Å². The van der Waals surface area contributed by atoms with Gasteiger partial charge in [-0.05, 0) is 6.07 Å². The maximum atomic E-state index is 12.0. The van der Waals surface area contributed by atoms with Gasteiger partial charge in [0.25, 0.3) is 5.91 Å². The van der Waals surface area contributed by atoms with Gasteiger partial charge < -0.3 is 19.2 Å². The normalized spacial score (nSPS) is 23.8. The van der Waals surface area contributed by atoms with Gasteiger partial charge in [0, 0.05) is 13.0 Å². The maximum Gasteiger partial charge on any atom is 0.328 e. The Balaban J connectivity index is 2.18. The fraction of sp³-hybridized carbons (Fsp3) is 0.455. The molecule has 2 heterocycles. The molecule has 1 saturated heterocycles. The predicted molar refractivity (Wildman–Crippen MR) is 56.2 cm³/mol. The zero-order valence-electron chi connectivity index (χ0n) is 9.33. The lowest BCUT2D eigenvalue weighted by atomic mass is 10.2. The number of esters is 1. The number of aliphatic hydroxyl groups excluding tert-OH is 1. The Morgan fingerprint density at radius 2 is 2.35 bits per heavy atom. The van der Waals surface area contributed by atoms with E-state index in [0.717, 1.165) is 0 Å². The molecule has 1 aromatic rings. The molecule has 1 amide bonds. The Kier molecular flexibility index (Phi) is 3.14. The Morgan fingerprint density at radius 3 is 2.94 bits per heavy atom. The molecule has 0 aromatic carbocycles. The van der Waals surface area contributed by atoms with E-state index in [1.807, 2.05) is 0 Å². The minimum absolute atomic E-state index is 0.129. The molecule has 2 unspecified atom stereocenters. The molecule has 1 aliphatic heterocycles. The second kappa shape index (κ2) is 4.58. The van der Waals surface area contributed by atoms with Gasteiger partial charge in [0.2, 0.25) is 0 Å². The summed E-state index contributed by atoms with van der Waals surface area (Å²) in [5, 5.41) is 9.54. The molecule has 92 valence electrons. The average Bonchev–Trinajstić information content (AvgIpc) is 2.95. The highest BCUT2D eigenvalue weighted by molar-refractivity contribution is 5.96. The van der Waals surface area contributed by atoms with Gasteiger partial charge in [-0.3, -0.25) is 4.79 Å². The topological polar surface area (TPSA) is 80.0 Å². The monoisotopic (exact) mass is 239 g/mol. The minimum atomic E-state index is -0.725. The van der Waals surface area contributed by atoms with E-state index in [4.69, 9.17) is 4.42 Å². The van der Waals surface area contributed by atoms with Crippen molar-refractivity contribution in [2.75, 3.05) is 13.7 Å². The van der Waals surface area contributed by atoms with Gasteiger partial charge in [-0.15, -0.1) is 0 Å². The van der Waals surface area contributed by atoms with Crippen LogP contribution in [-0.4, -0.2) is 47.7 Å². The minimum Gasteiger partial charge on any atom is -0.472 e. The van der Waals surface area contributed by atoms with Crippen LogP contribution in [-0.2, 0) is 9.53 Å². The third-order valence-corrected chi connectivity index (χ3v) is 2.78. The van der Waals surface area contributed by atoms with Crippen molar-refractivity contribution in [2.45, 2.75) is 18.6 Å². The first-order valence-electron chi connectivity index (χ1n) is 5.22. The number of carbonyl (C=O) groups excluding carboxylic acids is 2. The maximum absolute atomic E-state index is 12.0. The third kappa shape index (κ3) is 2.16. The summed E-state index contributed by atoms with van der Waals surface area (Å²) in [5.74, 6) is -0.857. The molecule has 2 atom stereocenters. The van der Waals surface area contributed by atoms with Crippen LogP contribution < -0.4 is 0 Å². The number of ether oxygens (including phenoxy) is 1. The van der Waals surface area contributed by atoms with Gasteiger partial charge in [-0.25, -0.2) is 4.79 Å². The summed E-state index contributed by atoms with van der Waals surface area (Å²) in [4.78, 5) is 24.8. The van der Waals surface area contributed by atoms with Crippen molar-refractivity contribution in [1.82, 2.24) is 4.90 Å². The molecule has 0 bridgehead atoms. The van der Waals surface area contributed by atoms with Gasteiger partial charge in [0.05, 0.1) is 25.0 Å². The van der Waals surface area contributed by atoms with Crippen molar-refractivity contribution in [1.29, 1.82) is 0 Å². The first-order chi connectivity index (χ1) is 8.13. The number of nitrogens with zero attached hydrogens (tertiary/aromatic N) is 1. The Bertz CT molecular complexity index is 414. The van der Waals surface area contributed by atoms with Crippen molar-refractivity contribution >= 4 is 11.9 Å². The van der Waals surface area contributed by atoms with Crippen LogP contribution in [0.15, 0.2) is 23.0 Å². The number of hydrogen-bond acceptors (Lipinski definition) is 5. The van der Waals surface area contributed by atoms with Gasteiger partial charge in [-0.2, -0.15) is 0 Å². The summed E-state index contributed by atoms with van der Waals surface area (Å²) in [5.41, 5.74) is 0.355. The summed E-state index contributed by atoms with van der Waals surface area (Å²) in [6.07, 6.45) is 2.19. The summed E-state index contributed by atoms with van der Waals surface area (Å²) >= 11 is 0. The van der Waals surface area contributed by atoms with E-state index in [9.17, 15) is 14.7 Å². The zero-order valence-corrected chi connectivity index (χ0v) is 9.33. The van der Waals surface area contributed by atoms with E-state index in [-0.39, 0.29) is 18.9 Å². The number of rotatable bonds is 2. The van der Waals surface area contributed by atoms with Crippen molar-refractivity contribution in [3.8, 4) is 0 Å². The van der Waals surface area contributed by atoms with Crippen LogP contribution >= 0.6 is 0 Å². The summed E-state index contributed by atoms with van der Waals surface area (Å²) in [7, 11) is 1.26. The molecule has 0 radical (unpaired) electrons. The first-order valence-corrected chi connectivity index (χ1v) is 5.22. The van der Waals surface area contributed by atoms with Crippen LogP contribution in [0.2, 0.25) is 0 Å². The standard InChI is InChI=1S/C11H13NO5/c1-16-11(15)9-4-8(13)5-12(9)10(14)7-2-3-17-6-7/h2-3,6,8-9,13H,4-5H2,1H3. The van der Waals surface area contributed by atoms with Gasteiger partial charge in [0.15, 0.2) is 0 Å². The molecule has 6 nitrogen and oxygen atoms in total. The van der Waals surface area contributed by atoms with Crippen molar-refractivity contribution < 1.29 is 23.8 Å². The smallest absolute Gasteiger partial charge is 0.328 e. The van der Waals surface area contributed by atoms with Crippen LogP contribution in [0, 0.1) is 0 Å². The van der Waals surface area contributed by atoms with E-state index in [0.29, 0.717) is 5.56 Å². The number of furan rings is 1. The second-order valence-electron chi connectivity index (χ2n) is 3.90. The van der Waals surface area contributed by atoms with Gasteiger partial charge in [-0.1, -0.05) is 0 Å². The van der Waals surface area contributed by atoms with Crippen molar-refractivity contribution in [3.63, 3.8) is 0 Å². The molecule has 6 heteroatoms. The van der Waals surface area contributed by atoms with Crippen LogP contribution in [0.1, 0.15) is 16.8 Å². The average molecular weight is 239 g/mol. The van der Waals surface area contributed by atoms with Crippen LogP contribution in [0.4, 0.5) is 0 Å². The second-order valence-corrected chi connectivity index (χ2v) is 3.90. The Labute approximate surface area is 97.8 Å². The molecule has 1 N–H and O–H groups in total.